The molecule has 0 unspecified atom stereocenters. The van der Waals surface area contributed by atoms with Crippen LogP contribution in [0.1, 0.15) is 12.8 Å². The molecule has 2 rings (SSSR count). The standard InChI is InChI=1S/C11H17N7S/c1-19-7-3-2-4-14-10-15-9(12)16-11(17-10)18-6-5-13-8-18/h5-6,8H,2-4,7H2,1H3,(H3,12,14,15,16,17). The van der Waals surface area contributed by atoms with Crippen molar-refractivity contribution in [3.05, 3.63) is 18.7 Å². The molecule has 8 heteroatoms. The topological polar surface area (TPSA) is 94.5 Å². The number of imidazole rings is 1. The fraction of sp³-hybridized carbons (Fsp3) is 0.455. The predicted molar refractivity (Wildman–Crippen MR) is 77.5 cm³/mol. The minimum atomic E-state index is 0.199. The Balaban J connectivity index is 1.97. The predicted octanol–water partition coefficient (Wildman–Crippen LogP) is 1.19. The summed E-state index contributed by atoms with van der Waals surface area (Å²) >= 11 is 1.85. The third-order valence-electron chi connectivity index (χ3n) is 2.43. The van der Waals surface area contributed by atoms with Crippen LogP contribution in [0.5, 0.6) is 0 Å². The molecule has 0 aromatic carbocycles. The number of anilines is 2. The molecular formula is C11H17N7S. The zero-order chi connectivity index (χ0) is 13.5. The summed E-state index contributed by atoms with van der Waals surface area (Å²) in [4.78, 5) is 16.4. The van der Waals surface area contributed by atoms with E-state index in [4.69, 9.17) is 5.73 Å². The number of hydrogen-bond donors (Lipinski definition) is 2. The summed E-state index contributed by atoms with van der Waals surface area (Å²) in [7, 11) is 0. The highest BCUT2D eigenvalue weighted by Crippen LogP contribution is 2.07. The van der Waals surface area contributed by atoms with Gasteiger partial charge in [0.05, 0.1) is 0 Å². The van der Waals surface area contributed by atoms with E-state index in [1.165, 1.54) is 12.2 Å². The first-order chi connectivity index (χ1) is 9.29. The Kier molecular flexibility index (Phi) is 4.96. The number of nitrogens with zero attached hydrogens (tertiary/aromatic N) is 5. The van der Waals surface area contributed by atoms with Crippen molar-refractivity contribution >= 4 is 23.7 Å². The molecule has 0 aliphatic rings. The number of thioether (sulfide) groups is 1. The zero-order valence-corrected chi connectivity index (χ0v) is 11.6. The van der Waals surface area contributed by atoms with Crippen LogP contribution in [0.15, 0.2) is 18.7 Å². The Bertz CT molecular complexity index is 500. The lowest BCUT2D eigenvalue weighted by atomic mass is 10.3. The number of aromatic nitrogens is 5. The summed E-state index contributed by atoms with van der Waals surface area (Å²) in [5.41, 5.74) is 5.68. The van der Waals surface area contributed by atoms with Gasteiger partial charge in [-0.3, -0.25) is 4.57 Å². The minimum absolute atomic E-state index is 0.199. The average Bonchev–Trinajstić information content (AvgIpc) is 2.92. The Morgan fingerprint density at radius 3 is 2.95 bits per heavy atom. The van der Waals surface area contributed by atoms with Gasteiger partial charge in [0.2, 0.25) is 17.8 Å². The molecule has 3 N–H and O–H groups in total. The fourth-order valence-corrected chi connectivity index (χ4v) is 2.02. The minimum Gasteiger partial charge on any atom is -0.368 e. The second-order valence-electron chi connectivity index (χ2n) is 3.91. The van der Waals surface area contributed by atoms with Gasteiger partial charge in [-0.05, 0) is 24.9 Å². The molecule has 0 atom stereocenters. The monoisotopic (exact) mass is 279 g/mol. The van der Waals surface area contributed by atoms with E-state index in [1.807, 2.05) is 11.8 Å². The van der Waals surface area contributed by atoms with Crippen LogP contribution in [0.3, 0.4) is 0 Å². The van der Waals surface area contributed by atoms with Crippen LogP contribution in [-0.4, -0.2) is 43.1 Å². The van der Waals surface area contributed by atoms with Crippen molar-refractivity contribution in [2.45, 2.75) is 12.8 Å². The average molecular weight is 279 g/mol. The Morgan fingerprint density at radius 1 is 1.32 bits per heavy atom. The Hall–Kier alpha value is -1.83. The fourth-order valence-electron chi connectivity index (χ4n) is 1.52. The number of nitrogens with one attached hydrogen (secondary N) is 1. The molecule has 0 amide bonds. The van der Waals surface area contributed by atoms with Gasteiger partial charge in [-0.25, -0.2) is 4.98 Å². The zero-order valence-electron chi connectivity index (χ0n) is 10.8. The molecule has 2 aromatic heterocycles. The van der Waals surface area contributed by atoms with Crippen LogP contribution >= 0.6 is 11.8 Å². The SMILES string of the molecule is CSCCCCNc1nc(N)nc(-n2ccnc2)n1. The number of nitrogen functional groups attached to an aromatic ring is 1. The summed E-state index contributed by atoms with van der Waals surface area (Å²) in [5, 5.41) is 3.16. The summed E-state index contributed by atoms with van der Waals surface area (Å²) in [6.07, 6.45) is 9.40. The van der Waals surface area contributed by atoms with Crippen molar-refractivity contribution in [2.24, 2.45) is 0 Å². The molecule has 19 heavy (non-hydrogen) atoms. The lowest BCUT2D eigenvalue weighted by molar-refractivity contribution is 0.826. The van der Waals surface area contributed by atoms with E-state index in [-0.39, 0.29) is 5.95 Å². The van der Waals surface area contributed by atoms with Crippen LogP contribution < -0.4 is 11.1 Å². The molecule has 0 aliphatic carbocycles. The Labute approximate surface area is 116 Å². The van der Waals surface area contributed by atoms with Crippen LogP contribution in [0.2, 0.25) is 0 Å². The molecule has 2 aromatic rings. The summed E-state index contributed by atoms with van der Waals surface area (Å²) in [6.45, 7) is 0.827. The molecule has 0 spiro atoms. The molecule has 7 nitrogen and oxygen atoms in total. The highest BCUT2D eigenvalue weighted by atomic mass is 32.2. The Morgan fingerprint density at radius 2 is 2.21 bits per heavy atom. The molecule has 2 heterocycles. The molecule has 0 fully saturated rings. The van der Waals surface area contributed by atoms with Gasteiger partial charge in [0.25, 0.3) is 0 Å². The third-order valence-corrected chi connectivity index (χ3v) is 3.13. The second kappa shape index (κ2) is 6.93. The van der Waals surface area contributed by atoms with Crippen LogP contribution in [0, 0.1) is 0 Å². The number of rotatable bonds is 7. The molecule has 0 bridgehead atoms. The van der Waals surface area contributed by atoms with Gasteiger partial charge in [0.1, 0.15) is 6.33 Å². The van der Waals surface area contributed by atoms with E-state index in [9.17, 15) is 0 Å². The molecule has 102 valence electrons. The maximum Gasteiger partial charge on any atom is 0.241 e. The van der Waals surface area contributed by atoms with Crippen LogP contribution in [0.4, 0.5) is 11.9 Å². The summed E-state index contributed by atoms with van der Waals surface area (Å²) in [5.74, 6) is 2.34. The van der Waals surface area contributed by atoms with Gasteiger partial charge in [-0.1, -0.05) is 0 Å². The highest BCUT2D eigenvalue weighted by molar-refractivity contribution is 7.98. The molecule has 0 aliphatic heterocycles. The van der Waals surface area contributed by atoms with E-state index < -0.39 is 0 Å². The number of unbranched alkanes of at least 4 members (excludes halogenated alkanes) is 1. The van der Waals surface area contributed by atoms with Gasteiger partial charge in [-0.15, -0.1) is 0 Å². The van der Waals surface area contributed by atoms with Crippen LogP contribution in [-0.2, 0) is 0 Å². The quantitative estimate of drug-likeness (QED) is 0.735. The first-order valence-corrected chi connectivity index (χ1v) is 7.41. The van der Waals surface area contributed by atoms with E-state index in [0.29, 0.717) is 11.9 Å². The van der Waals surface area contributed by atoms with Crippen molar-refractivity contribution in [3.63, 3.8) is 0 Å². The van der Waals surface area contributed by atoms with E-state index in [0.717, 1.165) is 13.0 Å². The normalized spacial score (nSPS) is 10.6. The second-order valence-corrected chi connectivity index (χ2v) is 4.90. The molecule has 0 saturated heterocycles. The maximum absolute atomic E-state index is 5.68. The maximum atomic E-state index is 5.68. The molecule has 0 radical (unpaired) electrons. The summed E-state index contributed by atoms with van der Waals surface area (Å²) < 4.78 is 1.69. The van der Waals surface area contributed by atoms with Crippen molar-refractivity contribution in [1.82, 2.24) is 24.5 Å². The van der Waals surface area contributed by atoms with Crippen molar-refractivity contribution in [1.29, 1.82) is 0 Å². The summed E-state index contributed by atoms with van der Waals surface area (Å²) in [6, 6.07) is 0. The first-order valence-electron chi connectivity index (χ1n) is 6.02. The lowest BCUT2D eigenvalue weighted by Crippen LogP contribution is -2.11. The van der Waals surface area contributed by atoms with Gasteiger partial charge in [0, 0.05) is 18.9 Å². The van der Waals surface area contributed by atoms with Crippen LogP contribution in [0.25, 0.3) is 5.95 Å². The van der Waals surface area contributed by atoms with Crippen molar-refractivity contribution < 1.29 is 0 Å². The van der Waals surface area contributed by atoms with Gasteiger partial charge in [-0.2, -0.15) is 26.7 Å². The third kappa shape index (κ3) is 4.09. The van der Waals surface area contributed by atoms with Crippen molar-refractivity contribution in [2.75, 3.05) is 29.6 Å². The van der Waals surface area contributed by atoms with Crippen molar-refractivity contribution in [3.8, 4) is 5.95 Å². The van der Waals surface area contributed by atoms with Gasteiger partial charge < -0.3 is 11.1 Å². The highest BCUT2D eigenvalue weighted by Gasteiger charge is 2.05. The number of hydrogen-bond acceptors (Lipinski definition) is 7. The van der Waals surface area contributed by atoms with E-state index in [2.05, 4.69) is 31.5 Å². The molecule has 0 saturated carbocycles. The number of nitrogens with two attached hydrogens (primary N) is 1. The lowest BCUT2D eigenvalue weighted by Gasteiger charge is -2.07. The smallest absolute Gasteiger partial charge is 0.241 e. The first kappa shape index (κ1) is 13.6. The van der Waals surface area contributed by atoms with Gasteiger partial charge in [0.15, 0.2) is 0 Å². The van der Waals surface area contributed by atoms with E-state index in [1.54, 1.807) is 23.3 Å². The largest absolute Gasteiger partial charge is 0.368 e. The van der Waals surface area contributed by atoms with E-state index >= 15 is 0 Å². The molecular weight excluding hydrogens is 262 g/mol. The van der Waals surface area contributed by atoms with Gasteiger partial charge >= 0.3 is 0 Å².